The highest BCUT2D eigenvalue weighted by Crippen LogP contribution is 2.29. The minimum atomic E-state index is 0.512. The predicted octanol–water partition coefficient (Wildman–Crippen LogP) is 24.3. The second-order valence-corrected chi connectivity index (χ2v) is 20.9. The van der Waals surface area contributed by atoms with Crippen molar-refractivity contribution in [2.75, 3.05) is 0 Å². The van der Waals surface area contributed by atoms with Crippen LogP contribution in [0.25, 0.3) is 0 Å². The highest BCUT2D eigenvalue weighted by Gasteiger charge is 2.13. The number of unbranched alkanes of at least 4 members (excludes halogenated alkanes) is 43. The van der Waals surface area contributed by atoms with Crippen molar-refractivity contribution >= 4 is 0 Å². The molecule has 0 aromatic rings. The Morgan fingerprint density at radius 3 is 0.769 bits per heavy atom. The zero-order chi connectivity index (χ0) is 47.0. The van der Waals surface area contributed by atoms with Gasteiger partial charge in [0.25, 0.3) is 0 Å². The summed E-state index contributed by atoms with van der Waals surface area (Å²) in [4.78, 5) is 0. The van der Waals surface area contributed by atoms with Crippen LogP contribution in [0.1, 0.15) is 349 Å². The smallest absolute Gasteiger partial charge is 0.00237 e. The zero-order valence-electron chi connectivity index (χ0n) is 45.8. The van der Waals surface area contributed by atoms with Gasteiger partial charge >= 0.3 is 0 Å². The highest BCUT2D eigenvalue weighted by atomic mass is 14.2. The minimum Gasteiger partial charge on any atom is -0.0879 e. The van der Waals surface area contributed by atoms with E-state index >= 15 is 0 Å². The zero-order valence-corrected chi connectivity index (χ0v) is 45.8. The Bertz CT molecular complexity index is 1030. The van der Waals surface area contributed by atoms with E-state index in [0.29, 0.717) is 5.92 Å². The number of rotatable bonds is 54. The summed E-state index contributed by atoms with van der Waals surface area (Å²) in [7, 11) is 0. The lowest BCUT2D eigenvalue weighted by Crippen LogP contribution is -2.03. The number of allylic oxidation sites excluding steroid dienone is 10. The third kappa shape index (κ3) is 48.9. The van der Waals surface area contributed by atoms with Gasteiger partial charge in [-0.05, 0) is 68.9 Å². The molecule has 1 atom stereocenters. The summed E-state index contributed by atoms with van der Waals surface area (Å²) < 4.78 is 0. The molecule has 0 radical (unpaired) electrons. The van der Waals surface area contributed by atoms with Crippen molar-refractivity contribution < 1.29 is 0 Å². The first-order valence-electron chi connectivity index (χ1n) is 30.6. The van der Waals surface area contributed by atoms with Crippen LogP contribution in [0, 0.1) is 5.92 Å². The van der Waals surface area contributed by atoms with Gasteiger partial charge in [-0.3, -0.25) is 0 Å². The molecule has 382 valence electrons. The molecule has 0 heterocycles. The van der Waals surface area contributed by atoms with Gasteiger partial charge < -0.3 is 0 Å². The molecule has 0 heteroatoms. The maximum Gasteiger partial charge on any atom is 0.00237 e. The lowest BCUT2D eigenvalue weighted by atomic mass is 9.87. The van der Waals surface area contributed by atoms with E-state index in [0.717, 1.165) is 0 Å². The standard InChI is InChI=1S/C65H122/c1-6-11-16-21-26-31-35-37-41-46-51-56-61-64(60-55-50-45-40-36-32-27-22-17-12-7-2)65(62-57-52-47-42-34-29-24-19-14-9-4)63(58-53-48-43-38-30-25-20-15-10-5)59-54-49-44-39-33-28-23-18-13-8-3/h53,55-58,60-63H,6-52,54,59H2,1-5H3. The van der Waals surface area contributed by atoms with Gasteiger partial charge in [0.1, 0.15) is 0 Å². The summed E-state index contributed by atoms with van der Waals surface area (Å²) in [5.74, 6) is 0.512. The van der Waals surface area contributed by atoms with Crippen molar-refractivity contribution in [2.45, 2.75) is 349 Å². The first-order valence-corrected chi connectivity index (χ1v) is 30.6. The Balaban J connectivity index is 6.17. The normalized spacial score (nSPS) is 13.2. The third-order valence-corrected chi connectivity index (χ3v) is 14.3. The van der Waals surface area contributed by atoms with Crippen LogP contribution in [0.4, 0.5) is 0 Å². The lowest BCUT2D eigenvalue weighted by Gasteiger charge is -2.18. The largest absolute Gasteiger partial charge is 0.0879 e. The van der Waals surface area contributed by atoms with Crippen LogP contribution in [0.3, 0.4) is 0 Å². The SMILES string of the molecule is CCCCCCCCCC=CC(CCCCCCCCCCCC)C(C=CCCCCCCCCCC)=C(C=CCCCCCCCCCCC)C=CCCCCCCCCCCCC. The van der Waals surface area contributed by atoms with Gasteiger partial charge in [0.2, 0.25) is 0 Å². The van der Waals surface area contributed by atoms with Gasteiger partial charge in [-0.25, -0.2) is 0 Å². The molecule has 0 saturated carbocycles. The molecular weight excluding hydrogens is 781 g/mol. The van der Waals surface area contributed by atoms with Gasteiger partial charge in [-0.2, -0.15) is 0 Å². The molecule has 0 spiro atoms. The van der Waals surface area contributed by atoms with Crippen LogP contribution in [-0.4, -0.2) is 0 Å². The molecule has 0 aromatic heterocycles. The topological polar surface area (TPSA) is 0 Å². The first-order chi connectivity index (χ1) is 32.2. The molecule has 0 saturated heterocycles. The summed E-state index contributed by atoms with van der Waals surface area (Å²) in [6, 6.07) is 0. The quantitative estimate of drug-likeness (QED) is 0.0324. The predicted molar refractivity (Wildman–Crippen MR) is 302 cm³/mol. The van der Waals surface area contributed by atoms with E-state index in [1.807, 2.05) is 0 Å². The van der Waals surface area contributed by atoms with E-state index in [9.17, 15) is 0 Å². The average molecular weight is 904 g/mol. The Morgan fingerprint density at radius 2 is 0.477 bits per heavy atom. The van der Waals surface area contributed by atoms with Crippen LogP contribution in [0.2, 0.25) is 0 Å². The van der Waals surface area contributed by atoms with Crippen molar-refractivity contribution in [2.24, 2.45) is 5.92 Å². The van der Waals surface area contributed by atoms with E-state index in [1.54, 1.807) is 5.57 Å². The van der Waals surface area contributed by atoms with Crippen LogP contribution >= 0.6 is 0 Å². The summed E-state index contributed by atoms with van der Waals surface area (Å²) >= 11 is 0. The van der Waals surface area contributed by atoms with E-state index < -0.39 is 0 Å². The Labute approximate surface area is 413 Å². The fourth-order valence-electron chi connectivity index (χ4n) is 9.72. The fourth-order valence-corrected chi connectivity index (χ4v) is 9.72. The minimum absolute atomic E-state index is 0.512. The molecule has 0 N–H and O–H groups in total. The van der Waals surface area contributed by atoms with Crippen molar-refractivity contribution in [3.05, 3.63) is 59.8 Å². The van der Waals surface area contributed by atoms with Gasteiger partial charge in [0.05, 0.1) is 0 Å². The van der Waals surface area contributed by atoms with Gasteiger partial charge in [-0.15, -0.1) is 0 Å². The second kappa shape index (κ2) is 57.0. The van der Waals surface area contributed by atoms with Crippen LogP contribution < -0.4 is 0 Å². The third-order valence-electron chi connectivity index (χ3n) is 14.3. The molecule has 0 aromatic carbocycles. The fraction of sp³-hybridized carbons (Fsp3) is 0.846. The Hall–Kier alpha value is -1.30. The first kappa shape index (κ1) is 63.7. The van der Waals surface area contributed by atoms with Crippen LogP contribution in [-0.2, 0) is 0 Å². The van der Waals surface area contributed by atoms with Crippen molar-refractivity contribution in [3.8, 4) is 0 Å². The van der Waals surface area contributed by atoms with E-state index in [2.05, 4.69) is 83.2 Å². The molecule has 1 unspecified atom stereocenters. The van der Waals surface area contributed by atoms with Crippen molar-refractivity contribution in [1.82, 2.24) is 0 Å². The molecule has 0 fully saturated rings. The van der Waals surface area contributed by atoms with E-state index in [1.165, 1.54) is 320 Å². The van der Waals surface area contributed by atoms with Crippen molar-refractivity contribution in [1.29, 1.82) is 0 Å². The van der Waals surface area contributed by atoms with Crippen LogP contribution in [0.5, 0.6) is 0 Å². The Morgan fingerprint density at radius 1 is 0.246 bits per heavy atom. The monoisotopic (exact) mass is 903 g/mol. The summed E-state index contributed by atoms with van der Waals surface area (Å²) in [6.45, 7) is 11.6. The lowest BCUT2D eigenvalue weighted by molar-refractivity contribution is 0.533. The molecule has 0 aliphatic heterocycles. The van der Waals surface area contributed by atoms with Gasteiger partial charge in [0, 0.05) is 5.92 Å². The van der Waals surface area contributed by atoms with Crippen LogP contribution in [0.15, 0.2) is 59.8 Å². The number of hydrogen-bond donors (Lipinski definition) is 0. The molecule has 0 amide bonds. The van der Waals surface area contributed by atoms with E-state index in [4.69, 9.17) is 0 Å². The van der Waals surface area contributed by atoms with Crippen molar-refractivity contribution in [3.63, 3.8) is 0 Å². The molecule has 65 heavy (non-hydrogen) atoms. The van der Waals surface area contributed by atoms with Gasteiger partial charge in [0.15, 0.2) is 0 Å². The summed E-state index contributed by atoms with van der Waals surface area (Å²) in [6.07, 6.45) is 88.9. The molecule has 0 bridgehead atoms. The molecule has 0 rings (SSSR count). The maximum absolute atomic E-state index is 2.69. The molecule has 0 nitrogen and oxygen atoms in total. The summed E-state index contributed by atoms with van der Waals surface area (Å²) in [5, 5.41) is 0. The Kier molecular flexibility index (Phi) is 55.9. The highest BCUT2D eigenvalue weighted by molar-refractivity contribution is 5.43. The summed E-state index contributed by atoms with van der Waals surface area (Å²) in [5.41, 5.74) is 3.12. The van der Waals surface area contributed by atoms with E-state index in [-0.39, 0.29) is 0 Å². The maximum atomic E-state index is 2.69. The van der Waals surface area contributed by atoms with Gasteiger partial charge in [-0.1, -0.05) is 340 Å². The molecule has 0 aliphatic carbocycles. The second-order valence-electron chi connectivity index (χ2n) is 20.9. The number of hydrogen-bond acceptors (Lipinski definition) is 0. The average Bonchev–Trinajstić information content (AvgIpc) is 3.32. The molecular formula is C65H122. The molecule has 0 aliphatic rings.